The van der Waals surface area contributed by atoms with Crippen molar-refractivity contribution in [2.45, 2.75) is 38.3 Å². The number of carbonyl (C=O) groups excluding carboxylic acids is 2. The second kappa shape index (κ2) is 7.58. The molecule has 2 bridgehead atoms. The van der Waals surface area contributed by atoms with Crippen LogP contribution in [-0.2, 0) is 0 Å². The number of urea groups is 1. The average Bonchev–Trinajstić information content (AvgIpc) is 3.36. The first-order valence-corrected chi connectivity index (χ1v) is 11.1. The van der Waals surface area contributed by atoms with E-state index in [0.29, 0.717) is 29.0 Å². The van der Waals surface area contributed by atoms with Gasteiger partial charge in [0.15, 0.2) is 17.5 Å². The van der Waals surface area contributed by atoms with Crippen molar-refractivity contribution < 1.29 is 14.0 Å². The van der Waals surface area contributed by atoms with Crippen LogP contribution in [0.5, 0.6) is 0 Å². The summed E-state index contributed by atoms with van der Waals surface area (Å²) in [7, 11) is 0. The number of aryl methyl sites for hydroxylation is 1. The highest BCUT2D eigenvalue weighted by Gasteiger charge is 2.40. The average molecular weight is 445 g/mol. The summed E-state index contributed by atoms with van der Waals surface area (Å²) >= 11 is 0. The van der Waals surface area contributed by atoms with Gasteiger partial charge in [-0.15, -0.1) is 0 Å². The standard InChI is InChI=1S/C23H23N7O3/c1-13-25-11-19(33-13)14-6-8-24-20(10-14)28-23(32)30-16-7-9-29(12-16)18-5-4-17(27-21(18)30)22(31)26-15-2-3-15/h4-6,8,10-11,15-16H,2-3,7,9,12H2,1H3,(H,26,31)(H,24,28,32)/t16-/m0/s1. The predicted molar refractivity (Wildman–Crippen MR) is 121 cm³/mol. The molecule has 10 heteroatoms. The Hall–Kier alpha value is -3.95. The highest BCUT2D eigenvalue weighted by Crippen LogP contribution is 2.39. The molecule has 5 heterocycles. The largest absolute Gasteiger partial charge is 0.441 e. The van der Waals surface area contributed by atoms with Gasteiger partial charge in [0.1, 0.15) is 11.5 Å². The minimum absolute atomic E-state index is 0.0214. The van der Waals surface area contributed by atoms with Crippen LogP contribution in [0.15, 0.2) is 41.1 Å². The predicted octanol–water partition coefficient (Wildman–Crippen LogP) is 2.96. The smallest absolute Gasteiger partial charge is 0.329 e. The summed E-state index contributed by atoms with van der Waals surface area (Å²) in [6, 6.07) is 7.05. The molecule has 168 valence electrons. The summed E-state index contributed by atoms with van der Waals surface area (Å²) in [5.74, 6) is 1.87. The van der Waals surface area contributed by atoms with E-state index < -0.39 is 0 Å². The Morgan fingerprint density at radius 1 is 1.15 bits per heavy atom. The summed E-state index contributed by atoms with van der Waals surface area (Å²) in [6.45, 7) is 3.36. The molecular formula is C23H23N7O3. The number of fused-ring (bicyclic) bond motifs is 4. The van der Waals surface area contributed by atoms with E-state index in [1.165, 1.54) is 0 Å². The van der Waals surface area contributed by atoms with Gasteiger partial charge < -0.3 is 14.6 Å². The number of rotatable bonds is 4. The van der Waals surface area contributed by atoms with Crippen molar-refractivity contribution in [3.8, 4) is 11.3 Å². The second-order valence-corrected chi connectivity index (χ2v) is 8.65. The van der Waals surface area contributed by atoms with Crippen LogP contribution in [0, 0.1) is 6.92 Å². The van der Waals surface area contributed by atoms with Crippen molar-refractivity contribution in [3.63, 3.8) is 0 Å². The lowest BCUT2D eigenvalue weighted by Gasteiger charge is -2.35. The molecule has 1 saturated carbocycles. The molecule has 1 saturated heterocycles. The van der Waals surface area contributed by atoms with Crippen LogP contribution in [0.4, 0.5) is 22.1 Å². The molecule has 1 aliphatic carbocycles. The third kappa shape index (κ3) is 3.67. The molecule has 6 rings (SSSR count). The van der Waals surface area contributed by atoms with Gasteiger partial charge in [-0.3, -0.25) is 15.0 Å². The number of nitrogens with one attached hydrogen (secondary N) is 2. The van der Waals surface area contributed by atoms with E-state index in [0.717, 1.165) is 43.6 Å². The third-order valence-corrected chi connectivity index (χ3v) is 6.22. The van der Waals surface area contributed by atoms with E-state index in [-0.39, 0.29) is 24.0 Å². The van der Waals surface area contributed by atoms with Crippen molar-refractivity contribution in [1.29, 1.82) is 0 Å². The summed E-state index contributed by atoms with van der Waals surface area (Å²) in [6.07, 6.45) is 6.09. The molecule has 0 unspecified atom stereocenters. The van der Waals surface area contributed by atoms with E-state index in [4.69, 9.17) is 4.42 Å². The molecule has 0 radical (unpaired) electrons. The summed E-state index contributed by atoms with van der Waals surface area (Å²) in [5, 5.41) is 5.86. The molecule has 3 aromatic heterocycles. The summed E-state index contributed by atoms with van der Waals surface area (Å²) in [5.41, 5.74) is 1.95. The van der Waals surface area contributed by atoms with Gasteiger partial charge in [-0.25, -0.2) is 19.7 Å². The zero-order valence-electron chi connectivity index (χ0n) is 18.1. The Morgan fingerprint density at radius 2 is 2.03 bits per heavy atom. The first kappa shape index (κ1) is 19.7. The molecule has 3 aliphatic rings. The molecular weight excluding hydrogens is 422 g/mol. The van der Waals surface area contributed by atoms with Crippen LogP contribution in [0.25, 0.3) is 11.3 Å². The molecule has 2 fully saturated rings. The topological polar surface area (TPSA) is 116 Å². The lowest BCUT2D eigenvalue weighted by atomic mass is 10.1. The van der Waals surface area contributed by atoms with Crippen molar-refractivity contribution in [3.05, 3.63) is 48.2 Å². The minimum Gasteiger partial charge on any atom is -0.441 e. The number of oxazole rings is 1. The Morgan fingerprint density at radius 3 is 2.82 bits per heavy atom. The van der Waals surface area contributed by atoms with Crippen molar-refractivity contribution in [2.24, 2.45) is 0 Å². The lowest BCUT2D eigenvalue weighted by molar-refractivity contribution is 0.0946. The molecule has 10 nitrogen and oxygen atoms in total. The quantitative estimate of drug-likeness (QED) is 0.634. The first-order valence-electron chi connectivity index (χ1n) is 11.1. The molecule has 0 spiro atoms. The Kier molecular flexibility index (Phi) is 4.53. The molecule has 1 atom stereocenters. The van der Waals surface area contributed by atoms with Gasteiger partial charge in [-0.1, -0.05) is 0 Å². The SMILES string of the molecule is Cc1ncc(-c2ccnc(NC(=O)N3c4nc(C(=O)NC5CC5)ccc4N4CC[C@H]3C4)c2)o1. The Bertz CT molecular complexity index is 1250. The van der Waals surface area contributed by atoms with Crippen LogP contribution < -0.4 is 20.4 Å². The highest BCUT2D eigenvalue weighted by molar-refractivity contribution is 6.05. The fraction of sp³-hybridized carbons (Fsp3) is 0.348. The lowest BCUT2D eigenvalue weighted by Crippen LogP contribution is -2.48. The maximum atomic E-state index is 13.4. The van der Waals surface area contributed by atoms with Crippen LogP contribution >= 0.6 is 0 Å². The number of hydrogen-bond donors (Lipinski definition) is 2. The zero-order valence-corrected chi connectivity index (χ0v) is 18.1. The van der Waals surface area contributed by atoms with Gasteiger partial charge >= 0.3 is 6.03 Å². The van der Waals surface area contributed by atoms with Gasteiger partial charge in [0, 0.05) is 37.8 Å². The van der Waals surface area contributed by atoms with Crippen molar-refractivity contribution >= 4 is 29.3 Å². The van der Waals surface area contributed by atoms with Crippen LogP contribution in [0.1, 0.15) is 35.6 Å². The van der Waals surface area contributed by atoms with Gasteiger partial charge in [0.2, 0.25) is 0 Å². The Labute approximate surface area is 190 Å². The number of hydrogen-bond acceptors (Lipinski definition) is 7. The van der Waals surface area contributed by atoms with Crippen molar-refractivity contribution in [2.75, 3.05) is 28.2 Å². The molecule has 3 aromatic rings. The molecule has 33 heavy (non-hydrogen) atoms. The monoisotopic (exact) mass is 445 g/mol. The number of amides is 3. The maximum absolute atomic E-state index is 13.4. The van der Waals surface area contributed by atoms with Gasteiger partial charge in [0.25, 0.3) is 5.91 Å². The number of anilines is 3. The number of pyridine rings is 2. The molecule has 2 aliphatic heterocycles. The van der Waals surface area contributed by atoms with E-state index >= 15 is 0 Å². The van der Waals surface area contributed by atoms with Gasteiger partial charge in [-0.05, 0) is 43.5 Å². The van der Waals surface area contributed by atoms with Gasteiger partial charge in [0.05, 0.1) is 17.9 Å². The third-order valence-electron chi connectivity index (χ3n) is 6.22. The summed E-state index contributed by atoms with van der Waals surface area (Å²) < 4.78 is 5.58. The summed E-state index contributed by atoms with van der Waals surface area (Å²) in [4.78, 5) is 42.9. The van der Waals surface area contributed by atoms with E-state index in [2.05, 4.69) is 30.5 Å². The van der Waals surface area contributed by atoms with E-state index in [9.17, 15) is 9.59 Å². The van der Waals surface area contributed by atoms with Crippen LogP contribution in [0.3, 0.4) is 0 Å². The molecule has 2 N–H and O–H groups in total. The van der Waals surface area contributed by atoms with Crippen molar-refractivity contribution in [1.82, 2.24) is 20.3 Å². The van der Waals surface area contributed by atoms with Gasteiger partial charge in [-0.2, -0.15) is 0 Å². The highest BCUT2D eigenvalue weighted by atomic mass is 16.4. The fourth-order valence-corrected chi connectivity index (χ4v) is 4.40. The van der Waals surface area contributed by atoms with Crippen LogP contribution in [-0.4, -0.2) is 52.1 Å². The molecule has 3 amide bonds. The van der Waals surface area contributed by atoms with E-state index in [1.807, 2.05) is 6.07 Å². The normalized spacial score (nSPS) is 18.8. The second-order valence-electron chi connectivity index (χ2n) is 8.65. The number of aromatic nitrogens is 3. The van der Waals surface area contributed by atoms with E-state index in [1.54, 1.807) is 42.4 Å². The number of carbonyl (C=O) groups is 2. The first-order chi connectivity index (χ1) is 16.0. The maximum Gasteiger partial charge on any atom is 0.329 e. The fourth-order valence-electron chi connectivity index (χ4n) is 4.40. The minimum atomic E-state index is -0.326. The van der Waals surface area contributed by atoms with Crippen LogP contribution in [0.2, 0.25) is 0 Å². The zero-order chi connectivity index (χ0) is 22.5. The molecule has 0 aromatic carbocycles. The Balaban J connectivity index is 1.29. The number of nitrogens with zero attached hydrogens (tertiary/aromatic N) is 5.